The number of carboxylic acids is 1. The largest absolute Gasteiger partial charge is 0.481 e. The normalized spacial score (nSPS) is 7.97. The van der Waals surface area contributed by atoms with E-state index >= 15 is 0 Å². The molecule has 9 heteroatoms. The van der Waals surface area contributed by atoms with E-state index in [1.165, 1.54) is 11.1 Å². The molecule has 0 unspecified atom stereocenters. The van der Waals surface area contributed by atoms with Gasteiger partial charge in [-0.15, -0.1) is 6.42 Å². The van der Waals surface area contributed by atoms with Crippen LogP contribution >= 0.6 is 59.8 Å². The monoisotopic (exact) mass is 1020 g/mol. The molecule has 2 rings (SSSR count). The van der Waals surface area contributed by atoms with Crippen LogP contribution in [0.5, 0.6) is 0 Å². The van der Waals surface area contributed by atoms with E-state index in [1.54, 1.807) is 6.92 Å². The smallest absolute Gasteiger partial charge is 0.303 e. The van der Waals surface area contributed by atoms with Crippen molar-refractivity contribution in [2.45, 2.75) is 64.7 Å². The fourth-order valence-corrected chi connectivity index (χ4v) is 2.67. The molecule has 2 aromatic carbocycles. The van der Waals surface area contributed by atoms with Crippen LogP contribution in [0.25, 0.3) is 0 Å². The Kier molecular flexibility index (Phi) is 63.5. The second kappa shape index (κ2) is 44.6. The molecule has 0 saturated heterocycles. The van der Waals surface area contributed by atoms with Crippen molar-refractivity contribution in [3.63, 3.8) is 0 Å². The Labute approximate surface area is 320 Å². The first-order valence-corrected chi connectivity index (χ1v) is 19.4. The summed E-state index contributed by atoms with van der Waals surface area (Å²) in [5, 5.41) is 8.41. The minimum Gasteiger partial charge on any atom is -0.481 e. The molecule has 0 fully saturated rings. The van der Waals surface area contributed by atoms with Crippen LogP contribution in [0, 0.1) is 13.8 Å². The van der Waals surface area contributed by atoms with Crippen LogP contribution in [0.1, 0.15) is 63.0 Å². The molecule has 0 heterocycles. The first-order chi connectivity index (χ1) is 16.1. The zero-order valence-corrected chi connectivity index (χ0v) is 35.1. The number of benzene rings is 2. The number of Topliss-reactive ketones (excluding diaryl/α,β-unsaturated/α-hetero) is 1. The molecule has 3 nitrogen and oxygen atoms in total. The Morgan fingerprint density at radius 2 is 1.06 bits per heavy atom. The molecule has 0 amide bonds. The zero-order chi connectivity index (χ0) is 25.7. The van der Waals surface area contributed by atoms with Crippen LogP contribution in [0.2, 0.25) is 0 Å². The van der Waals surface area contributed by atoms with E-state index in [1.807, 2.05) is 29.2 Å². The molecular formula is C27H39I3O3VY2-2. The molecule has 0 aliphatic heterocycles. The van der Waals surface area contributed by atoms with E-state index in [4.69, 9.17) is 5.11 Å². The standard InChI is InChI=1S/C13H17O.C11H14O2.C2H5.CH3I.I2.V.2Y/c1-2-13(14)11-7-6-10-12-8-4-3-5-9-12;12-11(13)9-5-4-8-10-6-2-1-3-7-10;3*1-2;;;/h3-5,8-9H,1-2,6-7,10-11H2;1-3,6-7H,4-5,8-9H2,(H,12,13);1H2,2H3;1H3;;;;/q-1;;-1;;;;;. The van der Waals surface area contributed by atoms with Gasteiger partial charge in [0.2, 0.25) is 0 Å². The van der Waals surface area contributed by atoms with E-state index in [0.717, 1.165) is 38.5 Å². The van der Waals surface area contributed by atoms with E-state index in [9.17, 15) is 9.59 Å². The van der Waals surface area contributed by atoms with Crippen molar-refractivity contribution in [1.82, 2.24) is 0 Å². The molecule has 36 heavy (non-hydrogen) atoms. The van der Waals surface area contributed by atoms with E-state index < -0.39 is 5.97 Å². The molecule has 0 spiro atoms. The fraction of sp³-hybridized carbons (Fsp3) is 0.407. The summed E-state index contributed by atoms with van der Waals surface area (Å²) in [6, 6.07) is 20.5. The molecule has 0 saturated carbocycles. The third kappa shape index (κ3) is 38.7. The molecule has 0 aromatic heterocycles. The molecule has 3 radical (unpaired) electrons. The van der Waals surface area contributed by atoms with Gasteiger partial charge in [-0.3, -0.25) is 4.79 Å². The average molecular weight is 1020 g/mol. The van der Waals surface area contributed by atoms with Crippen molar-refractivity contribution >= 4 is 71.6 Å². The number of carboxylic acid groups (broad SMARTS) is 1. The van der Waals surface area contributed by atoms with Crippen LogP contribution < -0.4 is 0 Å². The Hall–Kier alpha value is 2.56. The van der Waals surface area contributed by atoms with Crippen LogP contribution in [0.3, 0.4) is 0 Å². The molecule has 0 atom stereocenters. The maximum absolute atomic E-state index is 11.0. The maximum Gasteiger partial charge on any atom is 0.303 e. The molecule has 0 aliphatic carbocycles. The first kappa shape index (κ1) is 51.3. The molecule has 2 aromatic rings. The van der Waals surface area contributed by atoms with Crippen LogP contribution in [-0.4, -0.2) is 21.8 Å². The molecule has 0 bridgehead atoms. The van der Waals surface area contributed by atoms with Gasteiger partial charge in [-0.1, -0.05) is 83.3 Å². The fourth-order valence-electron chi connectivity index (χ4n) is 2.67. The third-order valence-electron chi connectivity index (χ3n) is 4.24. The van der Waals surface area contributed by atoms with E-state index in [2.05, 4.69) is 110 Å². The van der Waals surface area contributed by atoms with Crippen molar-refractivity contribution in [2.24, 2.45) is 0 Å². The van der Waals surface area contributed by atoms with Gasteiger partial charge in [0.05, 0.1) is 0 Å². The van der Waals surface area contributed by atoms with Gasteiger partial charge in [-0.2, -0.15) is 6.92 Å². The summed E-state index contributed by atoms with van der Waals surface area (Å²) in [6.45, 7) is 8.57. The van der Waals surface area contributed by atoms with Gasteiger partial charge in [0.1, 0.15) is 5.78 Å². The van der Waals surface area contributed by atoms with Crippen LogP contribution in [0.4, 0.5) is 0 Å². The number of carbonyl (C=O) groups excluding carboxylic acids is 1. The number of rotatable bonds is 11. The SMILES string of the molecule is CI.II.O=C(O)CCCCc1ccccc1.[CH2-]C.[CH2-]CC(=O)CCCCc1ccccc1.[V].[Y].[Y]. The van der Waals surface area contributed by atoms with E-state index in [0.29, 0.717) is 12.8 Å². The Morgan fingerprint density at radius 1 is 0.722 bits per heavy atom. The number of unbranched alkanes of at least 4 members (excludes halogenated alkanes) is 2. The van der Waals surface area contributed by atoms with Gasteiger partial charge in [0.15, 0.2) is 0 Å². The Bertz CT molecular complexity index is 668. The molecular weight excluding hydrogens is 982 g/mol. The van der Waals surface area contributed by atoms with Crippen molar-refractivity contribution in [3.05, 3.63) is 85.6 Å². The zero-order valence-electron chi connectivity index (χ0n) is 21.6. The van der Waals surface area contributed by atoms with Gasteiger partial charge >= 0.3 is 5.97 Å². The van der Waals surface area contributed by atoms with Gasteiger partial charge in [-0.05, 0) is 54.6 Å². The maximum atomic E-state index is 11.0. The van der Waals surface area contributed by atoms with Crippen molar-refractivity contribution in [3.8, 4) is 0 Å². The second-order valence-corrected chi connectivity index (χ2v) is 6.57. The number of alkyl halides is 1. The van der Waals surface area contributed by atoms with Crippen molar-refractivity contribution in [1.29, 1.82) is 0 Å². The molecule has 199 valence electrons. The minimum atomic E-state index is -0.701. The van der Waals surface area contributed by atoms with Crippen LogP contribution in [0.15, 0.2) is 60.7 Å². The number of hydrogen-bond acceptors (Lipinski definition) is 2. The summed E-state index contributed by atoms with van der Waals surface area (Å²) < 4.78 is 0. The number of hydrogen-bond donors (Lipinski definition) is 1. The Morgan fingerprint density at radius 3 is 1.36 bits per heavy atom. The summed E-state index contributed by atoms with van der Waals surface area (Å²) in [5.41, 5.74) is 2.64. The van der Waals surface area contributed by atoms with Gasteiger partial charge < -0.3 is 23.7 Å². The summed E-state index contributed by atoms with van der Waals surface area (Å²) in [5.74, 6) is -0.425. The first-order valence-electron chi connectivity index (χ1n) is 10.9. The number of ketones is 1. The van der Waals surface area contributed by atoms with Crippen molar-refractivity contribution in [2.75, 3.05) is 4.93 Å². The van der Waals surface area contributed by atoms with Gasteiger partial charge in [0, 0.05) is 134 Å². The predicted octanol–water partition coefficient (Wildman–Crippen LogP) is 9.33. The topological polar surface area (TPSA) is 54.4 Å². The third-order valence-corrected chi connectivity index (χ3v) is 4.24. The quantitative estimate of drug-likeness (QED) is 0.106. The number of halogens is 3. The summed E-state index contributed by atoms with van der Waals surface area (Å²) in [7, 11) is 0. The summed E-state index contributed by atoms with van der Waals surface area (Å²) in [6.07, 6.45) is 7.27. The number of aliphatic carboxylic acids is 1. The van der Waals surface area contributed by atoms with Gasteiger partial charge in [0.25, 0.3) is 0 Å². The van der Waals surface area contributed by atoms with Crippen LogP contribution in [-0.2, 0) is 106 Å². The molecule has 1 N–H and O–H groups in total. The van der Waals surface area contributed by atoms with Crippen molar-refractivity contribution < 1.29 is 98.7 Å². The second-order valence-electron chi connectivity index (χ2n) is 6.57. The number of carbonyl (C=O) groups is 2. The average Bonchev–Trinajstić information content (AvgIpc) is 2.89. The molecule has 0 aliphatic rings. The van der Waals surface area contributed by atoms with E-state index in [-0.39, 0.29) is 96.2 Å². The summed E-state index contributed by atoms with van der Waals surface area (Å²) in [4.78, 5) is 23.1. The summed E-state index contributed by atoms with van der Waals surface area (Å²) >= 11 is 6.39. The Balaban J connectivity index is -0.0000000967. The minimum absolute atomic E-state index is 0. The predicted molar refractivity (Wildman–Crippen MR) is 170 cm³/mol. The number of aryl methyl sites for hydroxylation is 2. The van der Waals surface area contributed by atoms with Gasteiger partial charge in [-0.25, -0.2) is 0 Å².